The van der Waals surface area contributed by atoms with Crippen molar-refractivity contribution in [2.45, 2.75) is 38.5 Å². The fourth-order valence-corrected chi connectivity index (χ4v) is 2.50. The molecule has 0 amide bonds. The molecule has 1 N–H and O–H groups in total. The van der Waals surface area contributed by atoms with E-state index in [1.165, 1.54) is 5.56 Å². The number of nitrogens with zero attached hydrogens (tertiary/aromatic N) is 3. The van der Waals surface area contributed by atoms with Crippen molar-refractivity contribution in [2.24, 2.45) is 0 Å². The van der Waals surface area contributed by atoms with E-state index in [-0.39, 0.29) is 6.10 Å². The standard InChI is InChI=1S/C13H17N3O/c17-13-4-1-3-11-9-15(10-12(11)13)7-8-16-6-2-5-14-16/h2,5-6,9-10,13,17H,1,3-4,7-8H2. The van der Waals surface area contributed by atoms with Crippen LogP contribution in [0, 0.1) is 0 Å². The molecule has 0 saturated carbocycles. The average Bonchev–Trinajstić information content (AvgIpc) is 2.95. The lowest BCUT2D eigenvalue weighted by atomic mass is 9.93. The van der Waals surface area contributed by atoms with Crippen LogP contribution in [0.5, 0.6) is 0 Å². The molecule has 2 aromatic heterocycles. The Morgan fingerprint density at radius 2 is 2.29 bits per heavy atom. The SMILES string of the molecule is OC1CCCc2cn(CCn3cccn3)cc21. The molecule has 17 heavy (non-hydrogen) atoms. The normalized spacial score (nSPS) is 19.2. The molecule has 2 aromatic rings. The van der Waals surface area contributed by atoms with Gasteiger partial charge in [-0.25, -0.2) is 0 Å². The molecule has 3 rings (SSSR count). The first-order valence-electron chi connectivity index (χ1n) is 6.17. The topological polar surface area (TPSA) is 43.0 Å². The van der Waals surface area contributed by atoms with Gasteiger partial charge in [0.2, 0.25) is 0 Å². The van der Waals surface area contributed by atoms with Crippen LogP contribution in [0.4, 0.5) is 0 Å². The third kappa shape index (κ3) is 2.13. The number of fused-ring (bicyclic) bond motifs is 1. The van der Waals surface area contributed by atoms with Gasteiger partial charge in [-0.2, -0.15) is 5.10 Å². The highest BCUT2D eigenvalue weighted by Crippen LogP contribution is 2.30. The van der Waals surface area contributed by atoms with Crippen LogP contribution in [0.25, 0.3) is 0 Å². The van der Waals surface area contributed by atoms with Gasteiger partial charge in [-0.3, -0.25) is 4.68 Å². The largest absolute Gasteiger partial charge is 0.388 e. The molecule has 0 fully saturated rings. The molecule has 0 aliphatic heterocycles. The Morgan fingerprint density at radius 1 is 1.35 bits per heavy atom. The zero-order chi connectivity index (χ0) is 11.7. The number of aliphatic hydroxyl groups excluding tert-OH is 1. The van der Waals surface area contributed by atoms with Gasteiger partial charge >= 0.3 is 0 Å². The molecule has 0 spiro atoms. The van der Waals surface area contributed by atoms with E-state index in [4.69, 9.17) is 0 Å². The van der Waals surface area contributed by atoms with Crippen LogP contribution in [-0.2, 0) is 19.5 Å². The summed E-state index contributed by atoms with van der Waals surface area (Å²) in [6.07, 6.45) is 10.9. The van der Waals surface area contributed by atoms with Gasteiger partial charge in [0.25, 0.3) is 0 Å². The number of hydrogen-bond acceptors (Lipinski definition) is 2. The minimum Gasteiger partial charge on any atom is -0.388 e. The quantitative estimate of drug-likeness (QED) is 0.874. The molecular formula is C13H17N3O. The van der Waals surface area contributed by atoms with E-state index in [9.17, 15) is 5.11 Å². The van der Waals surface area contributed by atoms with Crippen molar-refractivity contribution < 1.29 is 5.11 Å². The summed E-state index contributed by atoms with van der Waals surface area (Å²) in [7, 11) is 0. The maximum atomic E-state index is 9.90. The molecule has 1 aliphatic carbocycles. The summed E-state index contributed by atoms with van der Waals surface area (Å²) in [5.74, 6) is 0. The Labute approximate surface area is 100 Å². The summed E-state index contributed by atoms with van der Waals surface area (Å²) in [6.45, 7) is 1.78. The second-order valence-corrected chi connectivity index (χ2v) is 4.65. The number of rotatable bonds is 3. The van der Waals surface area contributed by atoms with Crippen molar-refractivity contribution >= 4 is 0 Å². The van der Waals surface area contributed by atoms with Gasteiger partial charge in [0, 0.05) is 36.9 Å². The lowest BCUT2D eigenvalue weighted by molar-refractivity contribution is 0.157. The van der Waals surface area contributed by atoms with Crippen molar-refractivity contribution in [1.29, 1.82) is 0 Å². The molecular weight excluding hydrogens is 214 g/mol. The van der Waals surface area contributed by atoms with Crippen LogP contribution < -0.4 is 0 Å². The van der Waals surface area contributed by atoms with Crippen LogP contribution in [-0.4, -0.2) is 19.5 Å². The predicted molar refractivity (Wildman–Crippen MR) is 64.6 cm³/mol. The summed E-state index contributed by atoms with van der Waals surface area (Å²) < 4.78 is 4.09. The average molecular weight is 231 g/mol. The van der Waals surface area contributed by atoms with Gasteiger partial charge in [0.1, 0.15) is 0 Å². The Bertz CT molecular complexity index is 487. The second kappa shape index (κ2) is 4.37. The van der Waals surface area contributed by atoms with Crippen LogP contribution in [0.2, 0.25) is 0 Å². The Kier molecular flexibility index (Phi) is 2.73. The molecule has 0 saturated heterocycles. The summed E-state index contributed by atoms with van der Waals surface area (Å²) in [4.78, 5) is 0. The highest BCUT2D eigenvalue weighted by molar-refractivity contribution is 5.28. The van der Waals surface area contributed by atoms with Crippen molar-refractivity contribution in [3.8, 4) is 0 Å². The smallest absolute Gasteiger partial charge is 0.0807 e. The van der Waals surface area contributed by atoms with E-state index in [0.717, 1.165) is 37.9 Å². The third-order valence-electron chi connectivity index (χ3n) is 3.43. The van der Waals surface area contributed by atoms with E-state index < -0.39 is 0 Å². The van der Waals surface area contributed by atoms with Crippen molar-refractivity contribution in [3.05, 3.63) is 42.0 Å². The zero-order valence-electron chi connectivity index (χ0n) is 9.79. The maximum Gasteiger partial charge on any atom is 0.0807 e. The van der Waals surface area contributed by atoms with Gasteiger partial charge in [-0.1, -0.05) is 0 Å². The molecule has 1 aliphatic rings. The molecule has 0 bridgehead atoms. The van der Waals surface area contributed by atoms with Crippen LogP contribution in [0.1, 0.15) is 30.1 Å². The molecule has 4 heteroatoms. The third-order valence-corrected chi connectivity index (χ3v) is 3.43. The monoisotopic (exact) mass is 231 g/mol. The number of aliphatic hydroxyl groups is 1. The first kappa shape index (κ1) is 10.6. The highest BCUT2D eigenvalue weighted by Gasteiger charge is 2.19. The van der Waals surface area contributed by atoms with Crippen LogP contribution in [0.15, 0.2) is 30.9 Å². The summed E-state index contributed by atoms with van der Waals surface area (Å²) in [6, 6.07) is 1.93. The maximum absolute atomic E-state index is 9.90. The van der Waals surface area contributed by atoms with E-state index >= 15 is 0 Å². The minimum absolute atomic E-state index is 0.260. The lowest BCUT2D eigenvalue weighted by Crippen LogP contribution is -2.06. The number of aromatic nitrogens is 3. The molecule has 90 valence electrons. The summed E-state index contributed by atoms with van der Waals surface area (Å²) >= 11 is 0. The van der Waals surface area contributed by atoms with Gasteiger partial charge < -0.3 is 9.67 Å². The van der Waals surface area contributed by atoms with E-state index in [1.54, 1.807) is 6.20 Å². The minimum atomic E-state index is -0.260. The predicted octanol–water partition coefficient (Wildman–Crippen LogP) is 1.75. The first-order valence-corrected chi connectivity index (χ1v) is 6.17. The highest BCUT2D eigenvalue weighted by atomic mass is 16.3. The molecule has 0 radical (unpaired) electrons. The molecule has 1 atom stereocenters. The summed E-state index contributed by atoms with van der Waals surface area (Å²) in [5, 5.41) is 14.1. The fourth-order valence-electron chi connectivity index (χ4n) is 2.50. The molecule has 0 aromatic carbocycles. The van der Waals surface area contributed by atoms with Crippen LogP contribution in [0.3, 0.4) is 0 Å². The second-order valence-electron chi connectivity index (χ2n) is 4.65. The van der Waals surface area contributed by atoms with Gasteiger partial charge in [-0.15, -0.1) is 0 Å². The van der Waals surface area contributed by atoms with Crippen molar-refractivity contribution in [1.82, 2.24) is 14.3 Å². The van der Waals surface area contributed by atoms with Gasteiger partial charge in [-0.05, 0) is 30.9 Å². The number of hydrogen-bond donors (Lipinski definition) is 1. The molecule has 4 nitrogen and oxygen atoms in total. The van der Waals surface area contributed by atoms with E-state index in [2.05, 4.69) is 22.1 Å². The van der Waals surface area contributed by atoms with Crippen LogP contribution >= 0.6 is 0 Å². The fraction of sp³-hybridized carbons (Fsp3) is 0.462. The lowest BCUT2D eigenvalue weighted by Gasteiger charge is -2.16. The molecule has 1 unspecified atom stereocenters. The van der Waals surface area contributed by atoms with E-state index in [0.29, 0.717) is 0 Å². The van der Waals surface area contributed by atoms with Gasteiger partial charge in [0.05, 0.1) is 12.6 Å². The Hall–Kier alpha value is -1.55. The Morgan fingerprint density at radius 3 is 3.06 bits per heavy atom. The van der Waals surface area contributed by atoms with Crippen molar-refractivity contribution in [2.75, 3.05) is 0 Å². The van der Waals surface area contributed by atoms with Gasteiger partial charge in [0.15, 0.2) is 0 Å². The number of aryl methyl sites for hydroxylation is 3. The Balaban J connectivity index is 1.72. The first-order chi connectivity index (χ1) is 8.33. The van der Waals surface area contributed by atoms with E-state index in [1.807, 2.05) is 16.9 Å². The summed E-state index contributed by atoms with van der Waals surface area (Å²) in [5.41, 5.74) is 2.43. The molecule has 2 heterocycles. The van der Waals surface area contributed by atoms with Crippen molar-refractivity contribution in [3.63, 3.8) is 0 Å². The zero-order valence-corrected chi connectivity index (χ0v) is 9.79.